The summed E-state index contributed by atoms with van der Waals surface area (Å²) in [5.41, 5.74) is 0. The van der Waals surface area contributed by atoms with Crippen LogP contribution < -0.4 is 0 Å². The zero-order chi connectivity index (χ0) is 13.5. The number of hydrogen-bond acceptors (Lipinski definition) is 2. The molecule has 1 aliphatic rings. The maximum absolute atomic E-state index is 12.2. The van der Waals surface area contributed by atoms with Gasteiger partial charge in [0.05, 0.1) is 0 Å². The Balaban J connectivity index is 2.28. The minimum absolute atomic E-state index is 0.264. The molecule has 1 rings (SSSR count). The normalized spacial score (nSPS) is 18.3. The molecule has 0 radical (unpaired) electrons. The highest BCUT2D eigenvalue weighted by molar-refractivity contribution is 5.78. The summed E-state index contributed by atoms with van der Waals surface area (Å²) in [4.78, 5) is 16.6. The number of carbonyl (C=O) groups excluding carboxylic acids is 1. The first-order valence-electron chi connectivity index (χ1n) is 7.55. The third-order valence-electron chi connectivity index (χ3n) is 4.14. The van der Waals surface area contributed by atoms with Crippen LogP contribution in [0, 0.1) is 5.92 Å². The quantitative estimate of drug-likeness (QED) is 0.681. The van der Waals surface area contributed by atoms with Crippen LogP contribution in [0.3, 0.4) is 0 Å². The lowest BCUT2D eigenvalue weighted by molar-refractivity contribution is -0.137. The van der Waals surface area contributed by atoms with Crippen LogP contribution in [0.15, 0.2) is 0 Å². The summed E-state index contributed by atoms with van der Waals surface area (Å²) >= 11 is 0. The Kier molecular flexibility index (Phi) is 6.69. The lowest BCUT2D eigenvalue weighted by Gasteiger charge is -2.34. The number of likely N-dealkylation sites (tertiary alicyclic amines) is 1. The molecule has 3 nitrogen and oxygen atoms in total. The summed E-state index contributed by atoms with van der Waals surface area (Å²) in [5.74, 6) is 0.609. The van der Waals surface area contributed by atoms with Gasteiger partial charge in [-0.2, -0.15) is 0 Å². The second-order valence-corrected chi connectivity index (χ2v) is 5.87. The Hall–Kier alpha value is -0.570. The zero-order valence-electron chi connectivity index (χ0n) is 12.6. The second kappa shape index (κ2) is 7.78. The molecular weight excluding hydrogens is 224 g/mol. The minimum Gasteiger partial charge on any atom is -0.343 e. The van der Waals surface area contributed by atoms with E-state index in [0.717, 1.165) is 25.9 Å². The molecule has 0 aromatic rings. The molecule has 0 atom stereocenters. The van der Waals surface area contributed by atoms with E-state index in [9.17, 15) is 4.79 Å². The van der Waals surface area contributed by atoms with Crippen molar-refractivity contribution in [2.45, 2.75) is 58.9 Å². The van der Waals surface area contributed by atoms with Gasteiger partial charge in [0.25, 0.3) is 0 Å². The Bertz CT molecular complexity index is 245. The van der Waals surface area contributed by atoms with Gasteiger partial charge in [0.2, 0.25) is 5.91 Å². The molecule has 106 valence electrons. The van der Waals surface area contributed by atoms with E-state index in [0.29, 0.717) is 11.9 Å². The molecule has 1 heterocycles. The van der Waals surface area contributed by atoms with Crippen LogP contribution in [0.5, 0.6) is 0 Å². The molecule has 0 unspecified atom stereocenters. The lowest BCUT2D eigenvalue weighted by Crippen LogP contribution is -2.43. The number of piperidine rings is 1. The van der Waals surface area contributed by atoms with Crippen molar-refractivity contribution < 1.29 is 4.79 Å². The molecule has 18 heavy (non-hydrogen) atoms. The van der Waals surface area contributed by atoms with Crippen molar-refractivity contribution in [1.29, 1.82) is 0 Å². The van der Waals surface area contributed by atoms with Gasteiger partial charge < -0.3 is 9.80 Å². The maximum atomic E-state index is 12.2. The van der Waals surface area contributed by atoms with E-state index in [1.807, 2.05) is 11.9 Å². The van der Waals surface area contributed by atoms with Crippen LogP contribution >= 0.6 is 0 Å². The van der Waals surface area contributed by atoms with E-state index >= 15 is 0 Å². The summed E-state index contributed by atoms with van der Waals surface area (Å²) in [7, 11) is 1.93. The fourth-order valence-electron chi connectivity index (χ4n) is 2.53. The van der Waals surface area contributed by atoms with E-state index in [1.165, 1.54) is 25.8 Å². The monoisotopic (exact) mass is 254 g/mol. The predicted octanol–water partition coefficient (Wildman–Crippen LogP) is 2.76. The molecule has 3 heteroatoms. The van der Waals surface area contributed by atoms with Crippen LogP contribution in [0.1, 0.15) is 52.9 Å². The number of nitrogens with zero attached hydrogens (tertiary/aromatic N) is 2. The van der Waals surface area contributed by atoms with Gasteiger partial charge >= 0.3 is 0 Å². The first-order chi connectivity index (χ1) is 8.56. The number of rotatable bonds is 6. The highest BCUT2D eigenvalue weighted by atomic mass is 16.2. The standard InChI is InChI=1S/C15H30N2O/c1-5-6-7-10-17-11-8-14(9-12-17)15(18)16(4)13(2)3/h13-14H,5-12H2,1-4H3. The van der Waals surface area contributed by atoms with Crippen LogP contribution in [0.2, 0.25) is 0 Å². The second-order valence-electron chi connectivity index (χ2n) is 5.87. The first kappa shape index (κ1) is 15.5. The molecule has 0 bridgehead atoms. The predicted molar refractivity (Wildman–Crippen MR) is 76.6 cm³/mol. The fraction of sp³-hybridized carbons (Fsp3) is 0.933. The molecule has 0 aromatic heterocycles. The third-order valence-corrected chi connectivity index (χ3v) is 4.14. The summed E-state index contributed by atoms with van der Waals surface area (Å²) in [6, 6.07) is 0.320. The van der Waals surface area contributed by atoms with Crippen molar-refractivity contribution in [3.8, 4) is 0 Å². The highest BCUT2D eigenvalue weighted by Gasteiger charge is 2.27. The van der Waals surface area contributed by atoms with Crippen molar-refractivity contribution in [2.24, 2.45) is 5.92 Å². The van der Waals surface area contributed by atoms with E-state index in [1.54, 1.807) is 0 Å². The highest BCUT2D eigenvalue weighted by Crippen LogP contribution is 2.20. The van der Waals surface area contributed by atoms with E-state index in [-0.39, 0.29) is 5.92 Å². The maximum Gasteiger partial charge on any atom is 0.225 e. The van der Waals surface area contributed by atoms with Crippen LogP contribution in [0.4, 0.5) is 0 Å². The molecule has 1 saturated heterocycles. The SMILES string of the molecule is CCCCCN1CCC(C(=O)N(C)C(C)C)CC1. The molecule has 0 saturated carbocycles. The van der Waals surface area contributed by atoms with Crippen LogP contribution in [-0.2, 0) is 4.79 Å². The average molecular weight is 254 g/mol. The van der Waals surface area contributed by atoms with E-state index < -0.39 is 0 Å². The van der Waals surface area contributed by atoms with Crippen molar-refractivity contribution >= 4 is 5.91 Å². The Morgan fingerprint density at radius 3 is 2.39 bits per heavy atom. The van der Waals surface area contributed by atoms with E-state index in [4.69, 9.17) is 0 Å². The van der Waals surface area contributed by atoms with Gasteiger partial charge in [0.15, 0.2) is 0 Å². The van der Waals surface area contributed by atoms with Gasteiger partial charge in [-0.25, -0.2) is 0 Å². The lowest BCUT2D eigenvalue weighted by atomic mass is 9.95. The van der Waals surface area contributed by atoms with Gasteiger partial charge in [0, 0.05) is 19.0 Å². The number of unbranched alkanes of at least 4 members (excludes halogenated alkanes) is 2. The molecule has 1 aliphatic heterocycles. The van der Waals surface area contributed by atoms with E-state index in [2.05, 4.69) is 25.7 Å². The summed E-state index contributed by atoms with van der Waals surface area (Å²) in [5, 5.41) is 0. The van der Waals surface area contributed by atoms with Gasteiger partial charge in [-0.05, 0) is 52.7 Å². The van der Waals surface area contributed by atoms with Gasteiger partial charge in [0.1, 0.15) is 0 Å². The molecule has 0 spiro atoms. The van der Waals surface area contributed by atoms with Gasteiger partial charge in [-0.3, -0.25) is 4.79 Å². The Labute approximate surface area is 113 Å². The third kappa shape index (κ3) is 4.60. The number of hydrogen-bond donors (Lipinski definition) is 0. The summed E-state index contributed by atoms with van der Waals surface area (Å²) in [6.07, 6.45) is 6.01. The number of carbonyl (C=O) groups is 1. The average Bonchev–Trinajstić information content (AvgIpc) is 2.38. The van der Waals surface area contributed by atoms with Gasteiger partial charge in [-0.15, -0.1) is 0 Å². The smallest absolute Gasteiger partial charge is 0.225 e. The van der Waals surface area contributed by atoms with Crippen molar-refractivity contribution in [2.75, 3.05) is 26.7 Å². The molecule has 0 aromatic carbocycles. The minimum atomic E-state index is 0.264. The molecular formula is C15H30N2O. The van der Waals surface area contributed by atoms with Gasteiger partial charge in [-0.1, -0.05) is 19.8 Å². The Morgan fingerprint density at radius 1 is 1.28 bits per heavy atom. The Morgan fingerprint density at radius 2 is 1.89 bits per heavy atom. The van der Waals surface area contributed by atoms with Crippen LogP contribution in [-0.4, -0.2) is 48.4 Å². The van der Waals surface area contributed by atoms with Crippen molar-refractivity contribution in [3.63, 3.8) is 0 Å². The molecule has 1 amide bonds. The van der Waals surface area contributed by atoms with Crippen LogP contribution in [0.25, 0.3) is 0 Å². The zero-order valence-corrected chi connectivity index (χ0v) is 12.6. The summed E-state index contributed by atoms with van der Waals surface area (Å²) < 4.78 is 0. The van der Waals surface area contributed by atoms with Crippen molar-refractivity contribution in [1.82, 2.24) is 9.80 Å². The topological polar surface area (TPSA) is 23.6 Å². The molecule has 0 N–H and O–H groups in total. The fourth-order valence-corrected chi connectivity index (χ4v) is 2.53. The number of amides is 1. The van der Waals surface area contributed by atoms with Crippen molar-refractivity contribution in [3.05, 3.63) is 0 Å². The first-order valence-corrected chi connectivity index (χ1v) is 7.55. The summed E-state index contributed by atoms with van der Waals surface area (Å²) in [6.45, 7) is 9.83. The largest absolute Gasteiger partial charge is 0.343 e. The molecule has 0 aliphatic carbocycles. The molecule has 1 fully saturated rings.